The highest BCUT2D eigenvalue weighted by Crippen LogP contribution is 2.27. The summed E-state index contributed by atoms with van der Waals surface area (Å²) in [5.41, 5.74) is 0.983. The smallest absolute Gasteiger partial charge is 0.256 e. The van der Waals surface area contributed by atoms with Gasteiger partial charge in [0.1, 0.15) is 11.4 Å². The number of benzene rings is 1. The summed E-state index contributed by atoms with van der Waals surface area (Å²) in [6.07, 6.45) is 5.88. The Labute approximate surface area is 171 Å². The van der Waals surface area contributed by atoms with Crippen LogP contribution in [0.4, 0.5) is 5.69 Å². The van der Waals surface area contributed by atoms with Crippen molar-refractivity contribution in [1.82, 2.24) is 20.1 Å². The van der Waals surface area contributed by atoms with Gasteiger partial charge in [0.25, 0.3) is 5.91 Å². The molecule has 1 saturated heterocycles. The predicted octanol–water partition coefficient (Wildman–Crippen LogP) is 2.80. The topological polar surface area (TPSA) is 81.1 Å². The highest BCUT2D eigenvalue weighted by atomic mass is 35.5. The molecular formula is C20H28ClN5O2. The van der Waals surface area contributed by atoms with Crippen molar-refractivity contribution in [2.45, 2.75) is 50.7 Å². The molecule has 0 spiro atoms. The average molecular weight is 406 g/mol. The van der Waals surface area contributed by atoms with E-state index in [4.69, 9.17) is 4.74 Å². The van der Waals surface area contributed by atoms with Gasteiger partial charge in [0.15, 0.2) is 5.82 Å². The van der Waals surface area contributed by atoms with Crippen LogP contribution in [0.25, 0.3) is 11.4 Å². The molecule has 7 nitrogen and oxygen atoms in total. The quantitative estimate of drug-likeness (QED) is 0.817. The first-order valence-corrected chi connectivity index (χ1v) is 9.82. The summed E-state index contributed by atoms with van der Waals surface area (Å²) < 4.78 is 7.84. The fraction of sp³-hybridized carbons (Fsp3) is 0.550. The highest BCUT2D eigenvalue weighted by molar-refractivity contribution is 5.97. The molecule has 1 aromatic heterocycles. The zero-order valence-electron chi connectivity index (χ0n) is 16.2. The number of nitrogens with one attached hydrogen (secondary N) is 2. The summed E-state index contributed by atoms with van der Waals surface area (Å²) in [7, 11) is 1.62. The van der Waals surface area contributed by atoms with E-state index in [0.29, 0.717) is 12.8 Å². The van der Waals surface area contributed by atoms with Crippen molar-refractivity contribution in [2.24, 2.45) is 0 Å². The standard InChI is InChI=1S/C20H27N5O2.ClH/c1-27-20(9-11-21-12-10-20)19(26)22-16-7-5-6-15(14-16)18-24-23-17-8-3-2-4-13-25(17)18;/h5-7,14,21H,2-4,8-13H2,1H3,(H,22,26);1H. The number of hydrogen-bond donors (Lipinski definition) is 2. The van der Waals surface area contributed by atoms with Gasteiger partial charge >= 0.3 is 0 Å². The minimum absolute atomic E-state index is 0. The minimum Gasteiger partial charge on any atom is -0.368 e. The highest BCUT2D eigenvalue weighted by Gasteiger charge is 2.39. The summed E-state index contributed by atoms with van der Waals surface area (Å²) in [4.78, 5) is 12.9. The molecular weight excluding hydrogens is 378 g/mol. The second kappa shape index (κ2) is 9.03. The third-order valence-corrected chi connectivity index (χ3v) is 5.70. The van der Waals surface area contributed by atoms with Gasteiger partial charge in [-0.2, -0.15) is 0 Å². The molecule has 1 aromatic carbocycles. The van der Waals surface area contributed by atoms with Crippen molar-refractivity contribution >= 4 is 24.0 Å². The van der Waals surface area contributed by atoms with Gasteiger partial charge in [-0.05, 0) is 50.9 Å². The molecule has 8 heteroatoms. The Kier molecular flexibility index (Phi) is 6.69. The van der Waals surface area contributed by atoms with E-state index >= 15 is 0 Å². The van der Waals surface area contributed by atoms with E-state index in [-0.39, 0.29) is 18.3 Å². The predicted molar refractivity (Wildman–Crippen MR) is 111 cm³/mol. The van der Waals surface area contributed by atoms with Gasteiger partial charge in [-0.1, -0.05) is 18.6 Å². The van der Waals surface area contributed by atoms with Crippen LogP contribution in [-0.2, 0) is 22.5 Å². The number of aromatic nitrogens is 3. The molecule has 152 valence electrons. The van der Waals surface area contributed by atoms with Crippen LogP contribution in [0, 0.1) is 0 Å². The van der Waals surface area contributed by atoms with E-state index in [0.717, 1.165) is 55.4 Å². The molecule has 0 aliphatic carbocycles. The van der Waals surface area contributed by atoms with Gasteiger partial charge in [0.2, 0.25) is 0 Å². The Morgan fingerprint density at radius 2 is 2.04 bits per heavy atom. The lowest BCUT2D eigenvalue weighted by Gasteiger charge is -2.34. The first-order valence-electron chi connectivity index (χ1n) is 9.82. The number of aryl methyl sites for hydroxylation is 1. The van der Waals surface area contributed by atoms with Crippen LogP contribution in [0.1, 0.15) is 37.9 Å². The molecule has 2 aliphatic heterocycles. The lowest BCUT2D eigenvalue weighted by Crippen LogP contribution is -2.51. The van der Waals surface area contributed by atoms with E-state index in [1.165, 1.54) is 12.8 Å². The van der Waals surface area contributed by atoms with E-state index in [1.807, 2.05) is 24.3 Å². The Bertz CT molecular complexity index is 817. The SMILES string of the molecule is COC1(C(=O)Nc2cccc(-c3nnc4n3CCCCC4)c2)CCNCC1.Cl. The monoisotopic (exact) mass is 405 g/mol. The molecule has 0 atom stereocenters. The number of hydrogen-bond acceptors (Lipinski definition) is 5. The molecule has 4 rings (SSSR count). The van der Waals surface area contributed by atoms with Crippen molar-refractivity contribution in [3.63, 3.8) is 0 Å². The lowest BCUT2D eigenvalue weighted by molar-refractivity contribution is -0.140. The maximum absolute atomic E-state index is 12.9. The zero-order chi connectivity index (χ0) is 18.7. The first kappa shape index (κ1) is 20.8. The molecule has 0 unspecified atom stereocenters. The number of halogens is 1. The number of anilines is 1. The van der Waals surface area contributed by atoms with E-state index < -0.39 is 5.60 Å². The van der Waals surface area contributed by atoms with Gasteiger partial charge in [0.05, 0.1) is 0 Å². The second-order valence-corrected chi connectivity index (χ2v) is 7.39. The Balaban J connectivity index is 0.00000225. The molecule has 1 amide bonds. The van der Waals surface area contributed by atoms with Crippen LogP contribution in [0.2, 0.25) is 0 Å². The number of amides is 1. The van der Waals surface area contributed by atoms with Gasteiger partial charge in [-0.15, -0.1) is 22.6 Å². The largest absolute Gasteiger partial charge is 0.368 e. The molecule has 3 heterocycles. The summed E-state index contributed by atoms with van der Waals surface area (Å²) in [6, 6.07) is 7.86. The van der Waals surface area contributed by atoms with E-state index in [1.54, 1.807) is 7.11 Å². The number of ether oxygens (including phenoxy) is 1. The fourth-order valence-corrected chi connectivity index (χ4v) is 4.03. The van der Waals surface area contributed by atoms with Gasteiger partial charge in [0, 0.05) is 31.3 Å². The molecule has 1 fully saturated rings. The Hall–Kier alpha value is -1.96. The number of nitrogens with zero attached hydrogens (tertiary/aromatic N) is 3. The normalized spacial score (nSPS) is 18.5. The zero-order valence-corrected chi connectivity index (χ0v) is 17.1. The van der Waals surface area contributed by atoms with Crippen LogP contribution in [-0.4, -0.2) is 46.5 Å². The number of fused-ring (bicyclic) bond motifs is 1. The molecule has 2 N–H and O–H groups in total. The fourth-order valence-electron chi connectivity index (χ4n) is 4.03. The lowest BCUT2D eigenvalue weighted by atomic mass is 9.91. The molecule has 0 bridgehead atoms. The van der Waals surface area contributed by atoms with Gasteiger partial charge < -0.3 is 19.9 Å². The first-order chi connectivity index (χ1) is 13.2. The van der Waals surface area contributed by atoms with Crippen LogP contribution in [0.5, 0.6) is 0 Å². The second-order valence-electron chi connectivity index (χ2n) is 7.39. The third kappa shape index (κ3) is 4.06. The van der Waals surface area contributed by atoms with Crippen molar-refractivity contribution < 1.29 is 9.53 Å². The minimum atomic E-state index is -0.757. The Morgan fingerprint density at radius 3 is 2.82 bits per heavy atom. The molecule has 2 aromatic rings. The molecule has 0 radical (unpaired) electrons. The average Bonchev–Trinajstić information content (AvgIpc) is 2.97. The van der Waals surface area contributed by atoms with Crippen molar-refractivity contribution in [2.75, 3.05) is 25.5 Å². The van der Waals surface area contributed by atoms with Crippen molar-refractivity contribution in [3.05, 3.63) is 30.1 Å². The van der Waals surface area contributed by atoms with Gasteiger partial charge in [-0.25, -0.2) is 0 Å². The van der Waals surface area contributed by atoms with Crippen molar-refractivity contribution in [3.8, 4) is 11.4 Å². The number of methoxy groups -OCH3 is 1. The van der Waals surface area contributed by atoms with Crippen LogP contribution in [0.15, 0.2) is 24.3 Å². The van der Waals surface area contributed by atoms with Crippen LogP contribution < -0.4 is 10.6 Å². The van der Waals surface area contributed by atoms with Crippen molar-refractivity contribution in [1.29, 1.82) is 0 Å². The van der Waals surface area contributed by atoms with Gasteiger partial charge in [-0.3, -0.25) is 4.79 Å². The summed E-state index contributed by atoms with van der Waals surface area (Å²) in [6.45, 7) is 2.52. The molecule has 0 saturated carbocycles. The number of carbonyl (C=O) groups excluding carboxylic acids is 1. The number of carbonyl (C=O) groups is 1. The number of piperidine rings is 1. The molecule has 2 aliphatic rings. The summed E-state index contributed by atoms with van der Waals surface area (Å²) in [5.74, 6) is 1.86. The van der Waals surface area contributed by atoms with Crippen LogP contribution in [0.3, 0.4) is 0 Å². The Morgan fingerprint density at radius 1 is 1.21 bits per heavy atom. The third-order valence-electron chi connectivity index (χ3n) is 5.70. The summed E-state index contributed by atoms with van der Waals surface area (Å²) in [5, 5.41) is 15.1. The van der Waals surface area contributed by atoms with Crippen LogP contribution >= 0.6 is 12.4 Å². The number of rotatable bonds is 4. The molecule has 28 heavy (non-hydrogen) atoms. The van der Waals surface area contributed by atoms with E-state index in [9.17, 15) is 4.79 Å². The summed E-state index contributed by atoms with van der Waals surface area (Å²) >= 11 is 0. The maximum Gasteiger partial charge on any atom is 0.256 e. The maximum atomic E-state index is 12.9. The van der Waals surface area contributed by atoms with E-state index in [2.05, 4.69) is 25.4 Å².